The second-order valence-corrected chi connectivity index (χ2v) is 5.71. The zero-order valence-corrected chi connectivity index (χ0v) is 12.4. The molecule has 1 aromatic carbocycles. The lowest BCUT2D eigenvalue weighted by atomic mass is 9.82. The van der Waals surface area contributed by atoms with Crippen molar-refractivity contribution in [2.75, 3.05) is 7.11 Å². The van der Waals surface area contributed by atoms with E-state index in [1.54, 1.807) is 7.11 Å². The highest BCUT2D eigenvalue weighted by atomic mass is 16.5. The molecule has 0 radical (unpaired) electrons. The number of nitrogens with two attached hydrogens (primary N) is 1. The van der Waals surface area contributed by atoms with Crippen molar-refractivity contribution in [3.05, 3.63) is 29.3 Å². The van der Waals surface area contributed by atoms with Gasteiger partial charge in [0.2, 0.25) is 5.91 Å². The molecule has 1 aliphatic rings. The van der Waals surface area contributed by atoms with E-state index < -0.39 is 5.54 Å². The van der Waals surface area contributed by atoms with E-state index in [4.69, 9.17) is 10.5 Å². The molecule has 0 spiro atoms. The smallest absolute Gasteiger partial charge is 0.240 e. The van der Waals surface area contributed by atoms with Crippen LogP contribution < -0.4 is 15.8 Å². The number of aryl methyl sites for hydroxylation is 1. The van der Waals surface area contributed by atoms with Gasteiger partial charge in [0.05, 0.1) is 12.6 Å². The summed E-state index contributed by atoms with van der Waals surface area (Å²) in [6.45, 7) is 2.48. The molecule has 3 N–H and O–H groups in total. The molecule has 4 nitrogen and oxygen atoms in total. The lowest BCUT2D eigenvalue weighted by molar-refractivity contribution is -0.127. The average Bonchev–Trinajstić information content (AvgIpc) is 2.46. The van der Waals surface area contributed by atoms with Crippen LogP contribution in [0, 0.1) is 6.92 Å². The Morgan fingerprint density at radius 2 is 2.05 bits per heavy atom. The van der Waals surface area contributed by atoms with Crippen LogP contribution in [0.25, 0.3) is 0 Å². The van der Waals surface area contributed by atoms with Gasteiger partial charge in [-0.3, -0.25) is 4.79 Å². The maximum Gasteiger partial charge on any atom is 0.240 e. The summed E-state index contributed by atoms with van der Waals surface area (Å²) in [5, 5.41) is 2.96. The van der Waals surface area contributed by atoms with Crippen molar-refractivity contribution < 1.29 is 9.53 Å². The van der Waals surface area contributed by atoms with E-state index in [0.717, 1.165) is 42.6 Å². The second kappa shape index (κ2) is 6.27. The zero-order valence-electron chi connectivity index (χ0n) is 12.4. The fraction of sp³-hybridized carbons (Fsp3) is 0.562. The molecule has 20 heavy (non-hydrogen) atoms. The number of amides is 1. The van der Waals surface area contributed by atoms with Gasteiger partial charge in [-0.05, 0) is 31.4 Å². The minimum Gasteiger partial charge on any atom is -0.496 e. The molecule has 1 aliphatic carbocycles. The SMILES string of the molecule is COc1cc(C)ccc1CNC(=O)C1(N)CCCCC1. The minimum atomic E-state index is -0.684. The Labute approximate surface area is 120 Å². The predicted octanol–water partition coefficient (Wildman–Crippen LogP) is 2.28. The average molecular weight is 276 g/mol. The number of benzene rings is 1. The van der Waals surface area contributed by atoms with Crippen LogP contribution >= 0.6 is 0 Å². The molecule has 1 aromatic rings. The van der Waals surface area contributed by atoms with Crippen LogP contribution in [0.1, 0.15) is 43.2 Å². The maximum absolute atomic E-state index is 12.3. The molecular weight excluding hydrogens is 252 g/mol. The van der Waals surface area contributed by atoms with Crippen molar-refractivity contribution in [3.63, 3.8) is 0 Å². The van der Waals surface area contributed by atoms with Crippen molar-refractivity contribution in [3.8, 4) is 5.75 Å². The third-order valence-corrected chi connectivity index (χ3v) is 4.08. The quantitative estimate of drug-likeness (QED) is 0.886. The highest BCUT2D eigenvalue weighted by Crippen LogP contribution is 2.26. The van der Waals surface area contributed by atoms with E-state index in [0.29, 0.717) is 6.54 Å². The van der Waals surface area contributed by atoms with Crippen molar-refractivity contribution in [2.24, 2.45) is 5.73 Å². The Morgan fingerprint density at radius 1 is 1.35 bits per heavy atom. The third kappa shape index (κ3) is 3.31. The van der Waals surface area contributed by atoms with Gasteiger partial charge in [0.25, 0.3) is 0 Å². The number of carbonyl (C=O) groups excluding carboxylic acids is 1. The first-order chi connectivity index (χ1) is 9.55. The summed E-state index contributed by atoms with van der Waals surface area (Å²) in [5.74, 6) is 0.764. The first-order valence-electron chi connectivity index (χ1n) is 7.26. The van der Waals surface area contributed by atoms with Gasteiger partial charge in [0.1, 0.15) is 5.75 Å². The number of hydrogen-bond acceptors (Lipinski definition) is 3. The fourth-order valence-electron chi connectivity index (χ4n) is 2.76. The van der Waals surface area contributed by atoms with Crippen molar-refractivity contribution in [1.29, 1.82) is 0 Å². The maximum atomic E-state index is 12.3. The van der Waals surface area contributed by atoms with Crippen molar-refractivity contribution in [2.45, 2.75) is 51.1 Å². The van der Waals surface area contributed by atoms with Crippen LogP contribution in [0.5, 0.6) is 5.75 Å². The summed E-state index contributed by atoms with van der Waals surface area (Å²) in [5.41, 5.74) is 7.65. The zero-order chi connectivity index (χ0) is 14.6. The van der Waals surface area contributed by atoms with Gasteiger partial charge >= 0.3 is 0 Å². The monoisotopic (exact) mass is 276 g/mol. The number of hydrogen-bond donors (Lipinski definition) is 2. The molecule has 0 saturated heterocycles. The normalized spacial score (nSPS) is 17.6. The second-order valence-electron chi connectivity index (χ2n) is 5.71. The van der Waals surface area contributed by atoms with Gasteiger partial charge < -0.3 is 15.8 Å². The highest BCUT2D eigenvalue weighted by Gasteiger charge is 2.34. The fourth-order valence-corrected chi connectivity index (χ4v) is 2.76. The molecule has 1 fully saturated rings. The molecule has 0 atom stereocenters. The van der Waals surface area contributed by atoms with E-state index in [9.17, 15) is 4.79 Å². The van der Waals surface area contributed by atoms with Gasteiger partial charge in [-0.15, -0.1) is 0 Å². The van der Waals surface area contributed by atoms with Crippen molar-refractivity contribution >= 4 is 5.91 Å². The number of carbonyl (C=O) groups is 1. The molecule has 0 bridgehead atoms. The summed E-state index contributed by atoms with van der Waals surface area (Å²) in [6.07, 6.45) is 4.82. The Morgan fingerprint density at radius 3 is 2.70 bits per heavy atom. The molecule has 1 amide bonds. The van der Waals surface area contributed by atoms with E-state index in [2.05, 4.69) is 5.32 Å². The first-order valence-corrected chi connectivity index (χ1v) is 7.26. The van der Waals surface area contributed by atoms with E-state index in [-0.39, 0.29) is 5.91 Å². The van der Waals surface area contributed by atoms with Crippen molar-refractivity contribution in [1.82, 2.24) is 5.32 Å². The summed E-state index contributed by atoms with van der Waals surface area (Å²) < 4.78 is 5.35. The Hall–Kier alpha value is -1.55. The lowest BCUT2D eigenvalue weighted by Gasteiger charge is -2.31. The lowest BCUT2D eigenvalue weighted by Crippen LogP contribution is -2.54. The summed E-state index contributed by atoms with van der Waals surface area (Å²) >= 11 is 0. The molecule has 2 rings (SSSR count). The summed E-state index contributed by atoms with van der Waals surface area (Å²) in [7, 11) is 1.64. The van der Waals surface area contributed by atoms with Crippen LogP contribution in [0.2, 0.25) is 0 Å². The largest absolute Gasteiger partial charge is 0.496 e. The van der Waals surface area contributed by atoms with Gasteiger partial charge in [-0.2, -0.15) is 0 Å². The van der Waals surface area contributed by atoms with Crippen LogP contribution in [-0.4, -0.2) is 18.6 Å². The predicted molar refractivity (Wildman–Crippen MR) is 79.6 cm³/mol. The number of rotatable bonds is 4. The first kappa shape index (κ1) is 14.9. The van der Waals surface area contributed by atoms with E-state index >= 15 is 0 Å². The Balaban J connectivity index is 1.99. The Bertz CT molecular complexity index is 479. The molecular formula is C16H24N2O2. The molecule has 0 unspecified atom stereocenters. The minimum absolute atomic E-state index is 0.0418. The molecule has 0 aliphatic heterocycles. The standard InChI is InChI=1S/C16H24N2O2/c1-12-6-7-13(14(10-12)20-2)11-18-15(19)16(17)8-4-3-5-9-16/h6-7,10H,3-5,8-9,11,17H2,1-2H3,(H,18,19). The summed E-state index contributed by atoms with van der Waals surface area (Å²) in [6, 6.07) is 5.97. The Kier molecular flexibility index (Phi) is 4.65. The van der Waals surface area contributed by atoms with Gasteiger partial charge in [0.15, 0.2) is 0 Å². The molecule has 4 heteroatoms. The van der Waals surface area contributed by atoms with Crippen LogP contribution in [0.3, 0.4) is 0 Å². The topological polar surface area (TPSA) is 64.3 Å². The van der Waals surface area contributed by atoms with E-state index in [1.807, 2.05) is 25.1 Å². The van der Waals surface area contributed by atoms with Gasteiger partial charge in [-0.25, -0.2) is 0 Å². The highest BCUT2D eigenvalue weighted by molar-refractivity contribution is 5.86. The third-order valence-electron chi connectivity index (χ3n) is 4.08. The molecule has 0 heterocycles. The molecule has 0 aromatic heterocycles. The number of methoxy groups -OCH3 is 1. The molecule has 1 saturated carbocycles. The number of nitrogens with one attached hydrogen (secondary N) is 1. The van der Waals surface area contributed by atoms with Crippen LogP contribution in [0.4, 0.5) is 0 Å². The molecule has 110 valence electrons. The van der Waals surface area contributed by atoms with Crippen LogP contribution in [0.15, 0.2) is 18.2 Å². The van der Waals surface area contributed by atoms with Gasteiger partial charge in [-0.1, -0.05) is 31.4 Å². The summed E-state index contributed by atoms with van der Waals surface area (Å²) in [4.78, 5) is 12.3. The van der Waals surface area contributed by atoms with E-state index in [1.165, 1.54) is 6.42 Å². The van der Waals surface area contributed by atoms with Crippen LogP contribution in [-0.2, 0) is 11.3 Å². The van der Waals surface area contributed by atoms with Gasteiger partial charge in [0, 0.05) is 12.1 Å². The number of ether oxygens (including phenoxy) is 1.